The third kappa shape index (κ3) is 3.36. The van der Waals surface area contributed by atoms with Gasteiger partial charge in [-0.25, -0.2) is 0 Å². The molecular weight excluding hydrogens is 338 g/mol. The SMILES string of the molecule is COc1ccccc1N=Cc1c(O)n(-c2ccccc2)c(=S)[nH]c1=O. The smallest absolute Gasteiger partial charge is 0.264 e. The number of H-pyrrole nitrogens is 1. The first-order valence-corrected chi connectivity index (χ1v) is 7.83. The molecule has 0 atom stereocenters. The quantitative estimate of drug-likeness (QED) is 0.557. The van der Waals surface area contributed by atoms with E-state index in [4.69, 9.17) is 17.0 Å². The van der Waals surface area contributed by atoms with E-state index in [1.54, 1.807) is 30.3 Å². The van der Waals surface area contributed by atoms with Gasteiger partial charge >= 0.3 is 0 Å². The highest BCUT2D eigenvalue weighted by Crippen LogP contribution is 2.26. The van der Waals surface area contributed by atoms with E-state index in [-0.39, 0.29) is 16.2 Å². The monoisotopic (exact) mass is 353 g/mol. The minimum absolute atomic E-state index is 0.00311. The van der Waals surface area contributed by atoms with E-state index in [1.165, 1.54) is 17.9 Å². The number of aromatic nitrogens is 2. The van der Waals surface area contributed by atoms with Crippen LogP contribution in [0.5, 0.6) is 11.6 Å². The van der Waals surface area contributed by atoms with Crippen LogP contribution in [0.1, 0.15) is 5.56 Å². The lowest BCUT2D eigenvalue weighted by molar-refractivity contribution is 0.416. The molecule has 7 heteroatoms. The number of aliphatic imine (C=N–C) groups is 1. The van der Waals surface area contributed by atoms with Gasteiger partial charge in [-0.05, 0) is 36.5 Å². The lowest BCUT2D eigenvalue weighted by Crippen LogP contribution is -2.17. The molecule has 0 bridgehead atoms. The Kier molecular flexibility index (Phi) is 4.76. The molecule has 0 amide bonds. The zero-order valence-electron chi connectivity index (χ0n) is 13.3. The molecule has 2 N–H and O–H groups in total. The van der Waals surface area contributed by atoms with Crippen LogP contribution in [0.4, 0.5) is 5.69 Å². The molecule has 126 valence electrons. The third-order valence-electron chi connectivity index (χ3n) is 3.55. The molecule has 1 aromatic heterocycles. The van der Waals surface area contributed by atoms with Gasteiger partial charge in [0.1, 0.15) is 17.0 Å². The average Bonchev–Trinajstić information content (AvgIpc) is 2.62. The maximum Gasteiger partial charge on any atom is 0.264 e. The van der Waals surface area contributed by atoms with Crippen molar-refractivity contribution >= 4 is 24.1 Å². The summed E-state index contributed by atoms with van der Waals surface area (Å²) in [5.74, 6) is 0.282. The van der Waals surface area contributed by atoms with Gasteiger partial charge in [0.2, 0.25) is 5.88 Å². The molecule has 0 fully saturated rings. The van der Waals surface area contributed by atoms with Crippen molar-refractivity contribution in [1.29, 1.82) is 0 Å². The van der Waals surface area contributed by atoms with Gasteiger partial charge in [0.15, 0.2) is 4.77 Å². The topological polar surface area (TPSA) is 79.6 Å². The predicted octanol–water partition coefficient (Wildman–Crippen LogP) is 3.36. The fourth-order valence-corrected chi connectivity index (χ4v) is 2.63. The maximum absolute atomic E-state index is 12.2. The van der Waals surface area contributed by atoms with Crippen LogP contribution in [0.15, 0.2) is 64.4 Å². The Morgan fingerprint density at radius 3 is 2.56 bits per heavy atom. The molecule has 6 nitrogen and oxygen atoms in total. The molecule has 0 saturated heterocycles. The summed E-state index contributed by atoms with van der Waals surface area (Å²) in [5.41, 5.74) is 0.655. The fraction of sp³-hybridized carbons (Fsp3) is 0.0556. The summed E-state index contributed by atoms with van der Waals surface area (Å²) in [6.07, 6.45) is 1.29. The van der Waals surface area contributed by atoms with E-state index in [0.717, 1.165) is 0 Å². The molecule has 3 aromatic rings. The molecule has 0 aliphatic carbocycles. The molecule has 0 aliphatic rings. The van der Waals surface area contributed by atoms with Gasteiger partial charge in [-0.3, -0.25) is 19.3 Å². The molecule has 0 unspecified atom stereocenters. The average molecular weight is 353 g/mol. The van der Waals surface area contributed by atoms with E-state index >= 15 is 0 Å². The first-order chi connectivity index (χ1) is 12.1. The Balaban J connectivity index is 2.13. The lowest BCUT2D eigenvalue weighted by Gasteiger charge is -2.11. The van der Waals surface area contributed by atoms with E-state index < -0.39 is 5.56 Å². The maximum atomic E-state index is 12.2. The first-order valence-electron chi connectivity index (χ1n) is 7.42. The molecule has 0 spiro atoms. The van der Waals surface area contributed by atoms with E-state index in [1.807, 2.05) is 24.3 Å². The second kappa shape index (κ2) is 7.14. The Morgan fingerprint density at radius 2 is 1.84 bits per heavy atom. The van der Waals surface area contributed by atoms with Gasteiger partial charge < -0.3 is 9.84 Å². The zero-order chi connectivity index (χ0) is 17.8. The molecule has 3 rings (SSSR count). The van der Waals surface area contributed by atoms with E-state index in [2.05, 4.69) is 9.98 Å². The number of aromatic hydroxyl groups is 1. The standard InChI is InChI=1S/C18H15N3O3S/c1-24-15-10-6-5-9-14(15)19-11-13-16(22)20-18(25)21(17(13)23)12-7-3-2-4-8-12/h2-11,23H,1H3,(H,20,22,25). The van der Waals surface area contributed by atoms with Crippen LogP contribution in [0.3, 0.4) is 0 Å². The molecule has 25 heavy (non-hydrogen) atoms. The Hall–Kier alpha value is -3.19. The number of ether oxygens (including phenoxy) is 1. The molecular formula is C18H15N3O3S. The lowest BCUT2D eigenvalue weighted by atomic mass is 10.2. The van der Waals surface area contributed by atoms with Crippen LogP contribution >= 0.6 is 12.2 Å². The van der Waals surface area contributed by atoms with Crippen molar-refractivity contribution in [2.45, 2.75) is 0 Å². The number of hydrogen-bond acceptors (Lipinski definition) is 5. The van der Waals surface area contributed by atoms with Crippen molar-refractivity contribution in [3.63, 3.8) is 0 Å². The number of hydrogen-bond donors (Lipinski definition) is 2. The molecule has 0 aliphatic heterocycles. The van der Waals surface area contributed by atoms with Gasteiger partial charge in [0.25, 0.3) is 5.56 Å². The van der Waals surface area contributed by atoms with Crippen LogP contribution in [-0.4, -0.2) is 28.0 Å². The van der Waals surface area contributed by atoms with E-state index in [0.29, 0.717) is 17.1 Å². The van der Waals surface area contributed by atoms with Gasteiger partial charge in [0.05, 0.1) is 12.8 Å². The van der Waals surface area contributed by atoms with Gasteiger partial charge in [0, 0.05) is 6.21 Å². The summed E-state index contributed by atoms with van der Waals surface area (Å²) >= 11 is 5.17. The van der Waals surface area contributed by atoms with Crippen molar-refractivity contribution in [3.8, 4) is 17.3 Å². The number of nitrogens with one attached hydrogen (secondary N) is 1. The summed E-state index contributed by atoms with van der Waals surface area (Å²) in [7, 11) is 1.54. The normalized spacial score (nSPS) is 10.9. The van der Waals surface area contributed by atoms with Crippen molar-refractivity contribution in [2.75, 3.05) is 7.11 Å². The highest BCUT2D eigenvalue weighted by atomic mass is 32.1. The largest absolute Gasteiger partial charge is 0.494 e. The molecule has 2 aromatic carbocycles. The molecule has 1 heterocycles. The fourth-order valence-electron chi connectivity index (χ4n) is 2.34. The first kappa shape index (κ1) is 16.7. The third-order valence-corrected chi connectivity index (χ3v) is 3.84. The Labute approximate surface area is 148 Å². The van der Waals surface area contributed by atoms with Crippen molar-refractivity contribution < 1.29 is 9.84 Å². The summed E-state index contributed by atoms with van der Waals surface area (Å²) in [6, 6.07) is 16.1. The number of methoxy groups -OCH3 is 1. The van der Waals surface area contributed by atoms with Gasteiger partial charge in [-0.2, -0.15) is 0 Å². The molecule has 0 radical (unpaired) electrons. The molecule has 0 saturated carbocycles. The van der Waals surface area contributed by atoms with Gasteiger partial charge in [-0.1, -0.05) is 30.3 Å². The summed E-state index contributed by atoms with van der Waals surface area (Å²) in [6.45, 7) is 0. The summed E-state index contributed by atoms with van der Waals surface area (Å²) < 4.78 is 6.70. The minimum Gasteiger partial charge on any atom is -0.494 e. The van der Waals surface area contributed by atoms with Crippen LogP contribution in [0.2, 0.25) is 0 Å². The van der Waals surface area contributed by atoms with Gasteiger partial charge in [-0.15, -0.1) is 0 Å². The van der Waals surface area contributed by atoms with Crippen molar-refractivity contribution in [1.82, 2.24) is 9.55 Å². The van der Waals surface area contributed by atoms with Crippen LogP contribution in [0.25, 0.3) is 5.69 Å². The van der Waals surface area contributed by atoms with Crippen molar-refractivity contribution in [3.05, 3.63) is 75.3 Å². The second-order valence-corrected chi connectivity index (χ2v) is 5.48. The minimum atomic E-state index is -0.520. The van der Waals surface area contributed by atoms with Crippen LogP contribution in [-0.2, 0) is 0 Å². The van der Waals surface area contributed by atoms with Crippen LogP contribution in [0, 0.1) is 4.77 Å². The Bertz CT molecular complexity index is 1040. The number of benzene rings is 2. The number of rotatable bonds is 4. The predicted molar refractivity (Wildman–Crippen MR) is 99.1 cm³/mol. The van der Waals surface area contributed by atoms with Crippen LogP contribution < -0.4 is 10.3 Å². The second-order valence-electron chi connectivity index (χ2n) is 5.10. The Morgan fingerprint density at radius 1 is 1.16 bits per heavy atom. The summed E-state index contributed by atoms with van der Waals surface area (Å²) in [5, 5.41) is 10.6. The van der Waals surface area contributed by atoms with E-state index in [9.17, 15) is 9.90 Å². The number of aromatic amines is 1. The zero-order valence-corrected chi connectivity index (χ0v) is 14.2. The summed E-state index contributed by atoms with van der Waals surface area (Å²) in [4.78, 5) is 19.0. The highest BCUT2D eigenvalue weighted by molar-refractivity contribution is 7.71. The highest BCUT2D eigenvalue weighted by Gasteiger charge is 2.12. The number of nitrogens with zero attached hydrogens (tertiary/aromatic N) is 2. The number of para-hydroxylation sites is 3. The van der Waals surface area contributed by atoms with Crippen molar-refractivity contribution in [2.24, 2.45) is 4.99 Å².